The van der Waals surface area contributed by atoms with Gasteiger partial charge < -0.3 is 5.73 Å². The summed E-state index contributed by atoms with van der Waals surface area (Å²) in [6, 6.07) is 12.0. The van der Waals surface area contributed by atoms with Crippen molar-refractivity contribution in [3.63, 3.8) is 0 Å². The van der Waals surface area contributed by atoms with Crippen LogP contribution in [0.25, 0.3) is 16.9 Å². The molecule has 0 atom stereocenters. The number of nitrogens with zero attached hydrogens (tertiary/aromatic N) is 4. The first-order chi connectivity index (χ1) is 10.6. The molecule has 3 aromatic rings. The lowest BCUT2D eigenvalue weighted by Crippen LogP contribution is -2.09. The second-order valence-electron chi connectivity index (χ2n) is 4.99. The smallest absolute Gasteiger partial charge is 0.221 e. The number of benzene rings is 1. The molecule has 22 heavy (non-hydrogen) atoms. The largest absolute Gasteiger partial charge is 0.368 e. The molecule has 2 aromatic heterocycles. The van der Waals surface area contributed by atoms with E-state index >= 15 is 0 Å². The van der Waals surface area contributed by atoms with Gasteiger partial charge >= 0.3 is 0 Å². The molecule has 3 rings (SSSR count). The Morgan fingerprint density at radius 2 is 1.82 bits per heavy atom. The quantitative estimate of drug-likeness (QED) is 0.594. The number of aryl methyl sites for hydroxylation is 2. The molecule has 0 aliphatic heterocycles. The lowest BCUT2D eigenvalue weighted by molar-refractivity contribution is 0.799. The molecule has 112 valence electrons. The van der Waals surface area contributed by atoms with Crippen molar-refractivity contribution in [3.8, 4) is 16.9 Å². The van der Waals surface area contributed by atoms with E-state index in [1.807, 2.05) is 61.2 Å². The van der Waals surface area contributed by atoms with E-state index in [0.717, 1.165) is 33.4 Å². The van der Waals surface area contributed by atoms with Crippen molar-refractivity contribution < 1.29 is 0 Å². The van der Waals surface area contributed by atoms with Gasteiger partial charge in [-0.1, -0.05) is 30.3 Å². The summed E-state index contributed by atoms with van der Waals surface area (Å²) in [6.45, 7) is 4.00. The molecule has 2 N–H and O–H groups in total. The molecule has 0 saturated carbocycles. The van der Waals surface area contributed by atoms with Gasteiger partial charge in [0.05, 0.1) is 5.69 Å². The summed E-state index contributed by atoms with van der Waals surface area (Å²) in [5.74, 6) is 0.272. The molecule has 0 saturated heterocycles. The predicted octanol–water partition coefficient (Wildman–Crippen LogP) is 3.25. The van der Waals surface area contributed by atoms with Crippen LogP contribution in [-0.4, -0.2) is 26.0 Å². The third-order valence-electron chi connectivity index (χ3n) is 3.33. The number of aromatic nitrogens is 4. The van der Waals surface area contributed by atoms with Crippen molar-refractivity contribution in [1.82, 2.24) is 19.7 Å². The zero-order chi connectivity index (χ0) is 15.7. The molecule has 0 aliphatic rings. The third-order valence-corrected chi connectivity index (χ3v) is 4.00. The second kappa shape index (κ2) is 5.81. The molecule has 0 unspecified atom stereocenters. The average Bonchev–Trinajstić information content (AvgIpc) is 2.85. The molecule has 0 radical (unpaired) electrons. The van der Waals surface area contributed by atoms with Crippen LogP contribution in [0.4, 0.5) is 5.95 Å². The Balaban J connectivity index is 2.34. The van der Waals surface area contributed by atoms with Crippen molar-refractivity contribution in [2.45, 2.75) is 18.9 Å². The van der Waals surface area contributed by atoms with Crippen molar-refractivity contribution in [3.05, 3.63) is 47.8 Å². The van der Waals surface area contributed by atoms with E-state index in [1.165, 1.54) is 11.8 Å². The summed E-state index contributed by atoms with van der Waals surface area (Å²) in [4.78, 5) is 8.84. The molecule has 0 amide bonds. The first kappa shape index (κ1) is 14.6. The fourth-order valence-electron chi connectivity index (χ4n) is 2.44. The van der Waals surface area contributed by atoms with Crippen LogP contribution < -0.4 is 5.73 Å². The van der Waals surface area contributed by atoms with Crippen molar-refractivity contribution in [2.75, 3.05) is 12.0 Å². The SMILES string of the molecule is CSc1nc(N)nc(-c2ccccc2)c1-n1nc(C)cc1C. The van der Waals surface area contributed by atoms with E-state index < -0.39 is 0 Å². The highest BCUT2D eigenvalue weighted by atomic mass is 32.2. The molecular formula is C16H17N5S. The number of hydrogen-bond donors (Lipinski definition) is 1. The van der Waals surface area contributed by atoms with Gasteiger partial charge in [-0.05, 0) is 26.2 Å². The average molecular weight is 311 g/mol. The minimum atomic E-state index is 0.272. The zero-order valence-corrected chi connectivity index (χ0v) is 13.6. The number of rotatable bonds is 3. The van der Waals surface area contributed by atoms with Crippen molar-refractivity contribution >= 4 is 17.7 Å². The maximum absolute atomic E-state index is 5.90. The summed E-state index contributed by atoms with van der Waals surface area (Å²) < 4.78 is 1.89. The molecule has 0 fully saturated rings. The highest BCUT2D eigenvalue weighted by Gasteiger charge is 2.18. The summed E-state index contributed by atoms with van der Waals surface area (Å²) in [5, 5.41) is 5.40. The number of thioether (sulfide) groups is 1. The van der Waals surface area contributed by atoms with Crippen LogP contribution in [-0.2, 0) is 0 Å². The third kappa shape index (κ3) is 2.57. The van der Waals surface area contributed by atoms with Crippen LogP contribution in [0.1, 0.15) is 11.4 Å². The maximum Gasteiger partial charge on any atom is 0.221 e. The van der Waals surface area contributed by atoms with Gasteiger partial charge in [0.15, 0.2) is 0 Å². The van der Waals surface area contributed by atoms with Crippen LogP contribution >= 0.6 is 11.8 Å². The van der Waals surface area contributed by atoms with E-state index in [4.69, 9.17) is 5.73 Å². The van der Waals surface area contributed by atoms with Crippen LogP contribution in [0.5, 0.6) is 0 Å². The van der Waals surface area contributed by atoms with Crippen LogP contribution in [0.3, 0.4) is 0 Å². The molecule has 6 heteroatoms. The Bertz CT molecular complexity index is 811. The standard InChI is InChI=1S/C16H17N5S/c1-10-9-11(2)21(20-10)14-13(12-7-5-4-6-8-12)18-16(17)19-15(14)22-3/h4-9H,1-3H3,(H2,17,18,19). The molecule has 5 nitrogen and oxygen atoms in total. The Morgan fingerprint density at radius 3 is 2.41 bits per heavy atom. The maximum atomic E-state index is 5.90. The van der Waals surface area contributed by atoms with Gasteiger partial charge in [0.2, 0.25) is 5.95 Å². The predicted molar refractivity (Wildman–Crippen MR) is 90.3 cm³/mol. The fraction of sp³-hybridized carbons (Fsp3) is 0.188. The molecule has 0 aliphatic carbocycles. The first-order valence-electron chi connectivity index (χ1n) is 6.90. The normalized spacial score (nSPS) is 10.9. The number of nitrogen functional groups attached to an aromatic ring is 1. The first-order valence-corrected chi connectivity index (χ1v) is 8.13. The monoisotopic (exact) mass is 311 g/mol. The van der Waals surface area contributed by atoms with E-state index in [9.17, 15) is 0 Å². The van der Waals surface area contributed by atoms with E-state index in [1.54, 1.807) is 0 Å². The van der Waals surface area contributed by atoms with Gasteiger partial charge in [0.1, 0.15) is 16.4 Å². The van der Waals surface area contributed by atoms with Gasteiger partial charge in [-0.15, -0.1) is 11.8 Å². The Kier molecular flexibility index (Phi) is 3.85. The highest BCUT2D eigenvalue weighted by Crippen LogP contribution is 2.32. The minimum absolute atomic E-state index is 0.272. The van der Waals surface area contributed by atoms with Crippen molar-refractivity contribution in [2.24, 2.45) is 0 Å². The highest BCUT2D eigenvalue weighted by molar-refractivity contribution is 7.98. The topological polar surface area (TPSA) is 69.6 Å². The Hall–Kier alpha value is -2.34. The second-order valence-corrected chi connectivity index (χ2v) is 5.79. The lowest BCUT2D eigenvalue weighted by atomic mass is 10.1. The molecular weight excluding hydrogens is 294 g/mol. The Morgan fingerprint density at radius 1 is 1.09 bits per heavy atom. The summed E-state index contributed by atoms with van der Waals surface area (Å²) in [7, 11) is 0. The number of anilines is 1. The van der Waals surface area contributed by atoms with Gasteiger partial charge in [0, 0.05) is 11.3 Å². The van der Waals surface area contributed by atoms with Gasteiger partial charge in [-0.25, -0.2) is 14.6 Å². The van der Waals surface area contributed by atoms with E-state index in [0.29, 0.717) is 0 Å². The fourth-order valence-corrected chi connectivity index (χ4v) is 3.00. The Labute approximate surface area is 133 Å². The molecule has 0 bridgehead atoms. The van der Waals surface area contributed by atoms with Crippen LogP contribution in [0.2, 0.25) is 0 Å². The van der Waals surface area contributed by atoms with E-state index in [2.05, 4.69) is 15.1 Å². The van der Waals surface area contributed by atoms with Gasteiger partial charge in [-0.2, -0.15) is 5.10 Å². The minimum Gasteiger partial charge on any atom is -0.368 e. The summed E-state index contributed by atoms with van der Waals surface area (Å²) >= 11 is 1.54. The number of nitrogens with two attached hydrogens (primary N) is 1. The molecule has 2 heterocycles. The van der Waals surface area contributed by atoms with E-state index in [-0.39, 0.29) is 5.95 Å². The summed E-state index contributed by atoms with van der Waals surface area (Å²) in [5.41, 5.74) is 10.6. The number of hydrogen-bond acceptors (Lipinski definition) is 5. The van der Waals surface area contributed by atoms with Crippen LogP contribution in [0.15, 0.2) is 41.4 Å². The lowest BCUT2D eigenvalue weighted by Gasteiger charge is -2.14. The zero-order valence-electron chi connectivity index (χ0n) is 12.7. The van der Waals surface area contributed by atoms with Gasteiger partial charge in [-0.3, -0.25) is 0 Å². The van der Waals surface area contributed by atoms with Gasteiger partial charge in [0.25, 0.3) is 0 Å². The van der Waals surface area contributed by atoms with Crippen LogP contribution in [0, 0.1) is 13.8 Å². The summed E-state index contributed by atoms with van der Waals surface area (Å²) in [6.07, 6.45) is 1.98. The molecule has 1 aromatic carbocycles. The molecule has 0 spiro atoms. The van der Waals surface area contributed by atoms with Crippen molar-refractivity contribution in [1.29, 1.82) is 0 Å².